The number of methoxy groups -OCH3 is 1. The maximum absolute atomic E-state index is 12.9. The van der Waals surface area contributed by atoms with Crippen molar-refractivity contribution in [3.05, 3.63) is 70.7 Å². The van der Waals surface area contributed by atoms with E-state index in [1.165, 1.54) is 7.11 Å². The number of hydrogen-bond donors (Lipinski definition) is 0. The topological polar surface area (TPSA) is 65.0 Å². The summed E-state index contributed by atoms with van der Waals surface area (Å²) >= 11 is 5.88. The summed E-state index contributed by atoms with van der Waals surface area (Å²) < 4.78 is 4.80. The normalized spacial score (nSPS) is 19.3. The maximum atomic E-state index is 12.9. The Morgan fingerprint density at radius 3 is 2.42 bits per heavy atom. The third-order valence-electron chi connectivity index (χ3n) is 3.82. The molecule has 0 bridgehead atoms. The van der Waals surface area contributed by atoms with Crippen molar-refractivity contribution in [1.29, 1.82) is 0 Å². The van der Waals surface area contributed by atoms with Gasteiger partial charge in [0.2, 0.25) is 5.78 Å². The van der Waals surface area contributed by atoms with Gasteiger partial charge in [0.25, 0.3) is 0 Å². The first-order valence-electron chi connectivity index (χ1n) is 7.26. The first kappa shape index (κ1) is 16.2. The molecule has 0 aliphatic carbocycles. The molecular weight excluding hydrogens is 330 g/mol. The number of rotatable bonds is 4. The molecule has 0 spiro atoms. The highest BCUT2D eigenvalue weighted by molar-refractivity contribution is 6.30. The Morgan fingerprint density at radius 2 is 1.79 bits per heavy atom. The van der Waals surface area contributed by atoms with Gasteiger partial charge in [0, 0.05) is 10.6 Å². The largest absolute Gasteiger partial charge is 0.466 e. The van der Waals surface area contributed by atoms with E-state index in [2.05, 4.69) is 5.16 Å². The van der Waals surface area contributed by atoms with E-state index in [1.807, 2.05) is 0 Å². The van der Waals surface area contributed by atoms with Gasteiger partial charge < -0.3 is 9.57 Å². The number of nitrogens with zero attached hydrogens (tertiary/aromatic N) is 1. The highest BCUT2D eigenvalue weighted by atomic mass is 35.5. The Hall–Kier alpha value is -2.66. The van der Waals surface area contributed by atoms with Crippen LogP contribution in [0.1, 0.15) is 22.3 Å². The van der Waals surface area contributed by atoms with Crippen molar-refractivity contribution in [2.45, 2.75) is 12.0 Å². The maximum Gasteiger partial charge on any atom is 0.361 e. The molecule has 0 saturated heterocycles. The zero-order valence-corrected chi connectivity index (χ0v) is 13.6. The van der Waals surface area contributed by atoms with Gasteiger partial charge in [0.1, 0.15) is 0 Å². The Labute approximate surface area is 143 Å². The van der Waals surface area contributed by atoms with Crippen molar-refractivity contribution in [2.75, 3.05) is 7.11 Å². The van der Waals surface area contributed by atoms with Crippen molar-refractivity contribution in [3.8, 4) is 0 Å². The molecule has 0 radical (unpaired) electrons. The standard InChI is InChI=1S/C18H14ClNO4/c1-23-17(22)18(16(21)13-5-3-2-4-6-13)11-15(20-24-18)12-7-9-14(19)10-8-12/h2-10H,11H2,1H3. The molecule has 3 rings (SSSR count). The van der Waals surface area contributed by atoms with Gasteiger partial charge in [-0.1, -0.05) is 59.2 Å². The zero-order chi connectivity index (χ0) is 17.2. The lowest BCUT2D eigenvalue weighted by Gasteiger charge is -2.22. The molecule has 0 fully saturated rings. The number of esters is 1. The van der Waals surface area contributed by atoms with Crippen LogP contribution in [0.5, 0.6) is 0 Å². The molecule has 1 atom stereocenters. The predicted octanol–water partition coefficient (Wildman–Crippen LogP) is 3.26. The van der Waals surface area contributed by atoms with Gasteiger partial charge in [-0.15, -0.1) is 0 Å². The highest BCUT2D eigenvalue weighted by Crippen LogP contribution is 2.32. The molecule has 1 unspecified atom stereocenters. The van der Waals surface area contributed by atoms with Gasteiger partial charge in [0.05, 0.1) is 19.2 Å². The summed E-state index contributed by atoms with van der Waals surface area (Å²) in [5.74, 6) is -1.26. The van der Waals surface area contributed by atoms with Crippen LogP contribution < -0.4 is 0 Å². The van der Waals surface area contributed by atoms with E-state index in [4.69, 9.17) is 21.2 Å². The number of carbonyl (C=O) groups is 2. The van der Waals surface area contributed by atoms with Crippen molar-refractivity contribution < 1.29 is 19.2 Å². The Morgan fingerprint density at radius 1 is 1.12 bits per heavy atom. The second-order valence-corrected chi connectivity index (χ2v) is 5.76. The van der Waals surface area contributed by atoms with Crippen LogP contribution >= 0.6 is 11.6 Å². The Balaban J connectivity index is 1.94. The molecular formula is C18H14ClNO4. The van der Waals surface area contributed by atoms with Gasteiger partial charge in [-0.05, 0) is 17.7 Å². The summed E-state index contributed by atoms with van der Waals surface area (Å²) in [5.41, 5.74) is -0.228. The number of ketones is 1. The highest BCUT2D eigenvalue weighted by Gasteiger charge is 2.54. The van der Waals surface area contributed by atoms with E-state index < -0.39 is 17.4 Å². The molecule has 0 saturated carbocycles. The van der Waals surface area contributed by atoms with E-state index in [0.717, 1.165) is 5.56 Å². The number of hydrogen-bond acceptors (Lipinski definition) is 5. The molecule has 0 N–H and O–H groups in total. The molecule has 5 nitrogen and oxygen atoms in total. The fraction of sp³-hybridized carbons (Fsp3) is 0.167. The molecule has 0 aromatic heterocycles. The summed E-state index contributed by atoms with van der Waals surface area (Å²) in [4.78, 5) is 30.5. The van der Waals surface area contributed by atoms with Crippen molar-refractivity contribution >= 4 is 29.1 Å². The van der Waals surface area contributed by atoms with E-state index in [1.54, 1.807) is 54.6 Å². The first-order valence-corrected chi connectivity index (χ1v) is 7.64. The summed E-state index contributed by atoms with van der Waals surface area (Å²) in [5, 5.41) is 4.54. The second kappa shape index (κ2) is 6.45. The van der Waals surface area contributed by atoms with Crippen molar-refractivity contribution in [2.24, 2.45) is 5.16 Å². The van der Waals surface area contributed by atoms with Gasteiger partial charge in [-0.2, -0.15) is 0 Å². The number of Topliss-reactive ketones (excluding diaryl/α,β-unsaturated/α-hetero) is 1. The Bertz CT molecular complexity index is 802. The zero-order valence-electron chi connectivity index (χ0n) is 12.9. The minimum Gasteiger partial charge on any atom is -0.466 e. The van der Waals surface area contributed by atoms with Crippen LogP contribution in [0.4, 0.5) is 0 Å². The monoisotopic (exact) mass is 343 g/mol. The summed E-state index contributed by atoms with van der Waals surface area (Å²) in [6.07, 6.45) is -0.00493. The summed E-state index contributed by atoms with van der Waals surface area (Å²) in [6.45, 7) is 0. The third kappa shape index (κ3) is 2.78. The molecule has 6 heteroatoms. The van der Waals surface area contributed by atoms with Crippen molar-refractivity contribution in [1.82, 2.24) is 0 Å². The van der Waals surface area contributed by atoms with Crippen LogP contribution in [0.25, 0.3) is 0 Å². The molecule has 1 aliphatic rings. The van der Waals surface area contributed by atoms with E-state index in [0.29, 0.717) is 16.3 Å². The lowest BCUT2D eigenvalue weighted by molar-refractivity contribution is -0.160. The molecule has 0 amide bonds. The van der Waals surface area contributed by atoms with Crippen LogP contribution in [0.15, 0.2) is 59.8 Å². The van der Waals surface area contributed by atoms with Crippen LogP contribution in [0.3, 0.4) is 0 Å². The number of oxime groups is 1. The van der Waals surface area contributed by atoms with E-state index >= 15 is 0 Å². The van der Waals surface area contributed by atoms with Gasteiger partial charge >= 0.3 is 11.6 Å². The molecule has 2 aromatic carbocycles. The SMILES string of the molecule is COC(=O)C1(C(=O)c2ccccc2)CC(c2ccc(Cl)cc2)=NO1. The van der Waals surface area contributed by atoms with Crippen LogP contribution in [0.2, 0.25) is 5.02 Å². The average Bonchev–Trinajstić information content (AvgIpc) is 3.08. The molecule has 122 valence electrons. The third-order valence-corrected chi connectivity index (χ3v) is 4.08. The second-order valence-electron chi connectivity index (χ2n) is 5.33. The van der Waals surface area contributed by atoms with Gasteiger partial charge in [0.15, 0.2) is 0 Å². The lowest BCUT2D eigenvalue weighted by Crippen LogP contribution is -2.47. The minimum atomic E-state index is -1.80. The summed E-state index contributed by atoms with van der Waals surface area (Å²) in [7, 11) is 1.21. The molecule has 2 aromatic rings. The smallest absolute Gasteiger partial charge is 0.361 e. The predicted molar refractivity (Wildman–Crippen MR) is 89.2 cm³/mol. The fourth-order valence-corrected chi connectivity index (χ4v) is 2.67. The lowest BCUT2D eigenvalue weighted by atomic mass is 9.87. The number of halogens is 1. The minimum absolute atomic E-state index is 0.00493. The quantitative estimate of drug-likeness (QED) is 0.485. The number of ether oxygens (including phenoxy) is 1. The van der Waals surface area contributed by atoms with Crippen molar-refractivity contribution in [3.63, 3.8) is 0 Å². The van der Waals surface area contributed by atoms with E-state index in [-0.39, 0.29) is 6.42 Å². The Kier molecular flexibility index (Phi) is 4.36. The van der Waals surface area contributed by atoms with Gasteiger partial charge in [-0.3, -0.25) is 4.79 Å². The average molecular weight is 344 g/mol. The van der Waals surface area contributed by atoms with Crippen LogP contribution in [-0.2, 0) is 14.4 Å². The molecule has 24 heavy (non-hydrogen) atoms. The van der Waals surface area contributed by atoms with E-state index in [9.17, 15) is 9.59 Å². The van der Waals surface area contributed by atoms with Crippen LogP contribution in [0, 0.1) is 0 Å². The fourth-order valence-electron chi connectivity index (χ4n) is 2.54. The summed E-state index contributed by atoms with van der Waals surface area (Å²) in [6, 6.07) is 15.4. The first-order chi connectivity index (χ1) is 11.6. The molecule has 1 aliphatic heterocycles. The molecule has 1 heterocycles. The number of carbonyl (C=O) groups excluding carboxylic acids is 2. The van der Waals surface area contributed by atoms with Gasteiger partial charge in [-0.25, -0.2) is 4.79 Å². The number of benzene rings is 2. The van der Waals surface area contributed by atoms with Crippen LogP contribution in [-0.4, -0.2) is 30.2 Å².